The molecule has 2 rings (SSSR count). The number of anilines is 1. The number of nitrogens with one attached hydrogen (secondary N) is 1. The number of fused-ring (bicyclic) bond motifs is 1. The van der Waals surface area contributed by atoms with Gasteiger partial charge in [-0.1, -0.05) is 6.92 Å². The molecule has 118 valence electrons. The summed E-state index contributed by atoms with van der Waals surface area (Å²) < 4.78 is 32.2. The zero-order chi connectivity index (χ0) is 15.5. The summed E-state index contributed by atoms with van der Waals surface area (Å²) in [5, 5.41) is 3.30. The van der Waals surface area contributed by atoms with Crippen LogP contribution in [0.1, 0.15) is 25.8 Å². The van der Waals surface area contributed by atoms with Crippen molar-refractivity contribution in [2.75, 3.05) is 32.1 Å². The molecule has 21 heavy (non-hydrogen) atoms. The van der Waals surface area contributed by atoms with Gasteiger partial charge in [0.15, 0.2) is 0 Å². The second kappa shape index (κ2) is 6.77. The fourth-order valence-electron chi connectivity index (χ4n) is 2.79. The molecule has 0 aromatic heterocycles. The third-order valence-corrected chi connectivity index (χ3v) is 5.92. The number of hydrogen-bond acceptors (Lipinski definition) is 4. The topological polar surface area (TPSA) is 58.6 Å². The molecule has 0 amide bonds. The van der Waals surface area contributed by atoms with Crippen molar-refractivity contribution in [3.63, 3.8) is 0 Å². The highest BCUT2D eigenvalue weighted by atomic mass is 32.2. The Kier molecular flexibility index (Phi) is 5.24. The quantitative estimate of drug-likeness (QED) is 0.874. The first-order chi connectivity index (χ1) is 10.0. The molecule has 1 aromatic rings. The number of rotatable bonds is 6. The van der Waals surface area contributed by atoms with Crippen molar-refractivity contribution in [1.82, 2.24) is 4.31 Å². The fraction of sp³-hybridized carbons (Fsp3) is 0.600. The number of benzene rings is 1. The van der Waals surface area contributed by atoms with E-state index in [0.29, 0.717) is 18.0 Å². The molecule has 5 nitrogen and oxygen atoms in total. The van der Waals surface area contributed by atoms with Gasteiger partial charge in [-0.3, -0.25) is 0 Å². The first kappa shape index (κ1) is 16.3. The van der Waals surface area contributed by atoms with E-state index in [0.717, 1.165) is 30.6 Å². The van der Waals surface area contributed by atoms with Gasteiger partial charge in [-0.25, -0.2) is 8.42 Å². The van der Waals surface area contributed by atoms with Crippen molar-refractivity contribution in [3.8, 4) is 0 Å². The summed E-state index contributed by atoms with van der Waals surface area (Å²) in [4.78, 5) is 0.370. The highest BCUT2D eigenvalue weighted by molar-refractivity contribution is 7.89. The lowest BCUT2D eigenvalue weighted by Gasteiger charge is -2.27. The summed E-state index contributed by atoms with van der Waals surface area (Å²) in [6, 6.07) is 5.18. The Morgan fingerprint density at radius 2 is 2.19 bits per heavy atom. The average molecular weight is 312 g/mol. The summed E-state index contributed by atoms with van der Waals surface area (Å²) in [5.41, 5.74) is 2.13. The normalized spacial score (nSPS) is 16.4. The van der Waals surface area contributed by atoms with E-state index in [-0.39, 0.29) is 6.04 Å². The second-order valence-corrected chi connectivity index (χ2v) is 7.25. The van der Waals surface area contributed by atoms with Gasteiger partial charge in [0.1, 0.15) is 0 Å². The number of nitrogens with zero attached hydrogens (tertiary/aromatic N) is 1. The van der Waals surface area contributed by atoms with E-state index in [2.05, 4.69) is 5.32 Å². The highest BCUT2D eigenvalue weighted by Gasteiger charge is 2.28. The van der Waals surface area contributed by atoms with E-state index in [1.54, 1.807) is 19.2 Å². The van der Waals surface area contributed by atoms with E-state index in [9.17, 15) is 8.42 Å². The van der Waals surface area contributed by atoms with Gasteiger partial charge in [0.2, 0.25) is 10.0 Å². The van der Waals surface area contributed by atoms with Crippen molar-refractivity contribution in [1.29, 1.82) is 0 Å². The molecule has 0 aliphatic carbocycles. The highest BCUT2D eigenvalue weighted by Crippen LogP contribution is 2.27. The Labute approximate surface area is 127 Å². The van der Waals surface area contributed by atoms with Crippen molar-refractivity contribution in [2.45, 2.75) is 37.6 Å². The van der Waals surface area contributed by atoms with Crippen molar-refractivity contribution in [3.05, 3.63) is 23.8 Å². The van der Waals surface area contributed by atoms with Crippen LogP contribution in [-0.4, -0.2) is 45.6 Å². The van der Waals surface area contributed by atoms with Crippen LogP contribution in [0.25, 0.3) is 0 Å². The summed E-state index contributed by atoms with van der Waals surface area (Å²) in [6.45, 7) is 5.49. The fourth-order valence-corrected chi connectivity index (χ4v) is 4.47. The maximum Gasteiger partial charge on any atom is 0.243 e. The lowest BCUT2D eigenvalue weighted by Crippen LogP contribution is -2.40. The molecular formula is C15H24N2O3S. The maximum atomic E-state index is 12.8. The third-order valence-electron chi connectivity index (χ3n) is 3.83. The summed E-state index contributed by atoms with van der Waals surface area (Å²) in [6.07, 6.45) is 1.96. The number of likely N-dealkylation sites (N-methyl/N-ethyl adjacent to an activating group) is 1. The minimum absolute atomic E-state index is 0.181. The maximum absolute atomic E-state index is 12.8. The number of sulfonamides is 1. The molecular weight excluding hydrogens is 288 g/mol. The lowest BCUT2D eigenvalue weighted by atomic mass is 10.0. The first-order valence-corrected chi connectivity index (χ1v) is 8.82. The van der Waals surface area contributed by atoms with Gasteiger partial charge in [-0.15, -0.1) is 0 Å². The molecule has 1 unspecified atom stereocenters. The van der Waals surface area contributed by atoms with Crippen molar-refractivity contribution in [2.24, 2.45) is 0 Å². The third kappa shape index (κ3) is 3.39. The molecule has 0 fully saturated rings. The van der Waals surface area contributed by atoms with Gasteiger partial charge in [0.05, 0.1) is 11.5 Å². The Bertz CT molecular complexity index is 587. The minimum Gasteiger partial charge on any atom is -0.385 e. The first-order valence-electron chi connectivity index (χ1n) is 7.38. The smallest absolute Gasteiger partial charge is 0.243 e. The SMILES string of the molecule is CCN(C(C)COC)S(=O)(=O)c1ccc2c(c1)CCCN2. The largest absolute Gasteiger partial charge is 0.385 e. The molecule has 1 heterocycles. The predicted octanol–water partition coefficient (Wildman–Crippen LogP) is 2.09. The predicted molar refractivity (Wildman–Crippen MR) is 84.2 cm³/mol. The van der Waals surface area contributed by atoms with Crippen molar-refractivity contribution < 1.29 is 13.2 Å². The van der Waals surface area contributed by atoms with Gasteiger partial charge in [0.25, 0.3) is 0 Å². The Morgan fingerprint density at radius 3 is 2.86 bits per heavy atom. The molecule has 0 spiro atoms. The van der Waals surface area contributed by atoms with Crippen LogP contribution in [0.3, 0.4) is 0 Å². The van der Waals surface area contributed by atoms with E-state index >= 15 is 0 Å². The van der Waals surface area contributed by atoms with Gasteiger partial charge in [-0.05, 0) is 43.5 Å². The van der Waals surface area contributed by atoms with E-state index < -0.39 is 10.0 Å². The molecule has 1 aliphatic heterocycles. The molecule has 1 N–H and O–H groups in total. The zero-order valence-electron chi connectivity index (χ0n) is 12.9. The zero-order valence-corrected chi connectivity index (χ0v) is 13.7. The summed E-state index contributed by atoms with van der Waals surface area (Å²) >= 11 is 0. The average Bonchev–Trinajstić information content (AvgIpc) is 2.47. The van der Waals surface area contributed by atoms with Crippen LogP contribution >= 0.6 is 0 Å². The van der Waals surface area contributed by atoms with Crippen LogP contribution in [0.5, 0.6) is 0 Å². The molecule has 1 aromatic carbocycles. The van der Waals surface area contributed by atoms with E-state index in [1.165, 1.54) is 4.31 Å². The Morgan fingerprint density at radius 1 is 1.43 bits per heavy atom. The van der Waals surface area contributed by atoms with Gasteiger partial charge in [-0.2, -0.15) is 4.31 Å². The molecule has 0 bridgehead atoms. The monoisotopic (exact) mass is 312 g/mol. The van der Waals surface area contributed by atoms with Crippen LogP contribution in [0.4, 0.5) is 5.69 Å². The van der Waals surface area contributed by atoms with Crippen LogP contribution in [-0.2, 0) is 21.2 Å². The molecule has 6 heteroatoms. The van der Waals surface area contributed by atoms with Crippen molar-refractivity contribution >= 4 is 15.7 Å². The number of methoxy groups -OCH3 is 1. The van der Waals surface area contributed by atoms with E-state index in [4.69, 9.17) is 4.74 Å². The Balaban J connectivity index is 2.33. The van der Waals surface area contributed by atoms with Crippen LogP contribution in [0.2, 0.25) is 0 Å². The van der Waals surface area contributed by atoms with E-state index in [1.807, 2.05) is 19.9 Å². The van der Waals surface area contributed by atoms with Crippen LogP contribution in [0, 0.1) is 0 Å². The standard InChI is InChI=1S/C15H24N2O3S/c1-4-17(12(2)11-20-3)21(18,19)14-7-8-15-13(10-14)6-5-9-16-15/h7-8,10,12,16H,4-6,9,11H2,1-3H3. The molecule has 1 atom stereocenters. The molecule has 1 aliphatic rings. The number of aryl methyl sites for hydroxylation is 1. The lowest BCUT2D eigenvalue weighted by molar-refractivity contribution is 0.142. The van der Waals surface area contributed by atoms with Crippen LogP contribution < -0.4 is 5.32 Å². The van der Waals surface area contributed by atoms with Gasteiger partial charge >= 0.3 is 0 Å². The Hall–Kier alpha value is -1.11. The summed E-state index contributed by atoms with van der Waals surface area (Å²) in [7, 11) is -1.90. The van der Waals surface area contributed by atoms with Gasteiger partial charge in [0, 0.05) is 31.9 Å². The summed E-state index contributed by atoms with van der Waals surface area (Å²) in [5.74, 6) is 0. The minimum atomic E-state index is -3.48. The molecule has 0 saturated carbocycles. The number of hydrogen-bond donors (Lipinski definition) is 1. The second-order valence-electron chi connectivity index (χ2n) is 5.36. The molecule has 0 radical (unpaired) electrons. The molecule has 0 saturated heterocycles. The number of ether oxygens (including phenoxy) is 1. The van der Waals surface area contributed by atoms with Gasteiger partial charge < -0.3 is 10.1 Å². The van der Waals surface area contributed by atoms with Crippen LogP contribution in [0.15, 0.2) is 23.1 Å².